The molecule has 0 saturated heterocycles. The lowest BCUT2D eigenvalue weighted by Crippen LogP contribution is -2.21. The van der Waals surface area contributed by atoms with Crippen molar-refractivity contribution in [3.05, 3.63) is 41.5 Å². The van der Waals surface area contributed by atoms with Crippen molar-refractivity contribution in [1.29, 1.82) is 0 Å². The summed E-state index contributed by atoms with van der Waals surface area (Å²) >= 11 is 0. The summed E-state index contributed by atoms with van der Waals surface area (Å²) in [5, 5.41) is 9.10. The van der Waals surface area contributed by atoms with Gasteiger partial charge in [-0.1, -0.05) is 24.3 Å². The van der Waals surface area contributed by atoms with Crippen LogP contribution < -0.4 is 0 Å². The van der Waals surface area contributed by atoms with Crippen molar-refractivity contribution >= 4 is 29.6 Å². The number of aliphatic imine (C=N–C) groups is 1. The molecule has 0 aliphatic heterocycles. The zero-order chi connectivity index (χ0) is 19.5. The highest BCUT2D eigenvalue weighted by molar-refractivity contribution is 6.39. The normalized spacial score (nSPS) is 11.5. The summed E-state index contributed by atoms with van der Waals surface area (Å²) < 4.78 is 4.45. The number of benzene rings is 1. The van der Waals surface area contributed by atoms with E-state index in [1.54, 1.807) is 37.2 Å². The fourth-order valence-corrected chi connectivity index (χ4v) is 2.04. The number of amides is 2. The fraction of sp³-hybridized carbons (Fsp3) is 0.368. The van der Waals surface area contributed by atoms with Crippen molar-refractivity contribution in [2.24, 2.45) is 4.99 Å². The van der Waals surface area contributed by atoms with Crippen LogP contribution in [-0.4, -0.2) is 61.3 Å². The number of ether oxygens (including phenoxy) is 1. The van der Waals surface area contributed by atoms with Crippen molar-refractivity contribution in [3.8, 4) is 0 Å². The molecule has 0 radical (unpaired) electrons. The van der Waals surface area contributed by atoms with Gasteiger partial charge in [0.15, 0.2) is 5.71 Å². The van der Waals surface area contributed by atoms with E-state index in [1.165, 1.54) is 0 Å². The van der Waals surface area contributed by atoms with Crippen LogP contribution in [0.3, 0.4) is 0 Å². The van der Waals surface area contributed by atoms with Gasteiger partial charge in [-0.25, -0.2) is 9.79 Å². The Hall–Kier alpha value is -2.80. The number of esters is 1. The molecule has 0 bridgehead atoms. The minimum absolute atomic E-state index is 0.0918. The predicted octanol–water partition coefficient (Wildman–Crippen LogP) is 1.70. The Kier molecular flexibility index (Phi) is 8.94. The van der Waals surface area contributed by atoms with E-state index < -0.39 is 18.5 Å². The number of carbonyl (C=O) groups excluding carboxylic acids is 3. The Morgan fingerprint density at radius 3 is 2.62 bits per heavy atom. The van der Waals surface area contributed by atoms with Gasteiger partial charge in [0.1, 0.15) is 0 Å². The number of nitrogens with zero attached hydrogens (tertiary/aromatic N) is 2. The molecular formula is C19H24N2O5. The number of rotatable bonds is 8. The summed E-state index contributed by atoms with van der Waals surface area (Å²) in [5.74, 6) is -1.38. The molecule has 1 aromatic carbocycles. The van der Waals surface area contributed by atoms with Crippen molar-refractivity contribution in [2.75, 3.05) is 27.8 Å². The molecule has 26 heavy (non-hydrogen) atoms. The molecule has 7 heteroatoms. The summed E-state index contributed by atoms with van der Waals surface area (Å²) in [6, 6.07) is 6.74. The van der Waals surface area contributed by atoms with Gasteiger partial charge in [0.25, 0.3) is 5.91 Å². The summed E-state index contributed by atoms with van der Waals surface area (Å²) in [7, 11) is 4.60. The number of unbranched alkanes of at least 4 members (excludes halogenated alkanes) is 1. The van der Waals surface area contributed by atoms with Crippen LogP contribution in [0.25, 0.3) is 6.08 Å². The standard InChI is InChI=1S/C19H24N2O5/c1-21(2)17(23)11-6-4-5-8-14-9-7-10-15(12-14)18(24)20-16(13-22)19(25)26-3/h5,7-10,12,22H,4,6,11,13H2,1-3H3/b8-5-,20-16?. The lowest BCUT2D eigenvalue weighted by Gasteiger charge is -2.08. The van der Waals surface area contributed by atoms with Crippen molar-refractivity contribution in [2.45, 2.75) is 19.3 Å². The highest BCUT2D eigenvalue weighted by Gasteiger charge is 2.14. The zero-order valence-electron chi connectivity index (χ0n) is 15.3. The van der Waals surface area contributed by atoms with Gasteiger partial charge in [0, 0.05) is 26.1 Å². The first-order valence-corrected chi connectivity index (χ1v) is 8.16. The van der Waals surface area contributed by atoms with Gasteiger partial charge in [0.05, 0.1) is 13.7 Å². The predicted molar refractivity (Wildman–Crippen MR) is 98.9 cm³/mol. The lowest BCUT2D eigenvalue weighted by molar-refractivity contribution is -0.133. The Morgan fingerprint density at radius 1 is 1.27 bits per heavy atom. The van der Waals surface area contributed by atoms with Crippen molar-refractivity contribution in [1.82, 2.24) is 4.90 Å². The monoisotopic (exact) mass is 360 g/mol. The van der Waals surface area contributed by atoms with Crippen LogP contribution in [-0.2, 0) is 14.3 Å². The molecule has 0 fully saturated rings. The van der Waals surface area contributed by atoms with Crippen molar-refractivity contribution in [3.63, 3.8) is 0 Å². The van der Waals surface area contributed by atoms with Crippen LogP contribution in [0.2, 0.25) is 0 Å². The minimum atomic E-state index is -0.843. The number of methoxy groups -OCH3 is 1. The molecule has 7 nitrogen and oxygen atoms in total. The molecule has 2 amide bonds. The van der Waals surface area contributed by atoms with Crippen LogP contribution in [0.15, 0.2) is 35.3 Å². The number of aliphatic hydroxyl groups excluding tert-OH is 1. The maximum Gasteiger partial charge on any atom is 0.354 e. The smallest absolute Gasteiger partial charge is 0.354 e. The average molecular weight is 360 g/mol. The van der Waals surface area contributed by atoms with Gasteiger partial charge in [-0.05, 0) is 30.5 Å². The Balaban J connectivity index is 2.71. The maximum absolute atomic E-state index is 12.1. The first-order chi connectivity index (χ1) is 12.4. The zero-order valence-corrected chi connectivity index (χ0v) is 15.3. The van der Waals surface area contributed by atoms with Gasteiger partial charge in [-0.15, -0.1) is 0 Å². The van der Waals surface area contributed by atoms with E-state index in [0.29, 0.717) is 12.0 Å². The van der Waals surface area contributed by atoms with Gasteiger partial charge in [-0.2, -0.15) is 0 Å². The summed E-state index contributed by atoms with van der Waals surface area (Å²) in [5.41, 5.74) is 0.752. The number of hydrogen-bond donors (Lipinski definition) is 1. The first-order valence-electron chi connectivity index (χ1n) is 8.16. The minimum Gasteiger partial charge on any atom is -0.464 e. The summed E-state index contributed by atoms with van der Waals surface area (Å²) in [6.45, 7) is -0.677. The van der Waals surface area contributed by atoms with E-state index in [0.717, 1.165) is 25.5 Å². The van der Waals surface area contributed by atoms with Crippen LogP contribution in [0, 0.1) is 0 Å². The molecular weight excluding hydrogens is 336 g/mol. The second-order valence-corrected chi connectivity index (χ2v) is 5.72. The Morgan fingerprint density at radius 2 is 2.00 bits per heavy atom. The highest BCUT2D eigenvalue weighted by atomic mass is 16.5. The molecule has 0 spiro atoms. The number of hydrogen-bond acceptors (Lipinski definition) is 5. The first kappa shape index (κ1) is 21.2. The van der Waals surface area contributed by atoms with E-state index in [1.807, 2.05) is 18.2 Å². The summed E-state index contributed by atoms with van der Waals surface area (Å²) in [4.78, 5) is 40.1. The van der Waals surface area contributed by atoms with Gasteiger partial charge >= 0.3 is 5.97 Å². The van der Waals surface area contributed by atoms with E-state index >= 15 is 0 Å². The highest BCUT2D eigenvalue weighted by Crippen LogP contribution is 2.10. The molecule has 1 rings (SSSR count). The second kappa shape index (κ2) is 10.9. The lowest BCUT2D eigenvalue weighted by atomic mass is 10.1. The third-order valence-electron chi connectivity index (χ3n) is 3.51. The van der Waals surface area contributed by atoms with Crippen LogP contribution in [0.1, 0.15) is 35.2 Å². The van der Waals surface area contributed by atoms with E-state index in [9.17, 15) is 14.4 Å². The molecule has 0 atom stereocenters. The molecule has 0 aliphatic carbocycles. The van der Waals surface area contributed by atoms with Gasteiger partial charge in [-0.3, -0.25) is 9.59 Å². The molecule has 140 valence electrons. The molecule has 0 saturated carbocycles. The molecule has 0 aromatic heterocycles. The van der Waals surface area contributed by atoms with Crippen LogP contribution in [0.4, 0.5) is 0 Å². The summed E-state index contributed by atoms with van der Waals surface area (Å²) in [6.07, 6.45) is 5.77. The molecule has 0 heterocycles. The SMILES string of the molecule is COC(=O)C(CO)=NC(=O)c1cccc(/C=C\CCCC(=O)N(C)C)c1. The Labute approximate surface area is 153 Å². The van der Waals surface area contributed by atoms with Crippen LogP contribution in [0.5, 0.6) is 0 Å². The Bertz CT molecular complexity index is 708. The second-order valence-electron chi connectivity index (χ2n) is 5.72. The third kappa shape index (κ3) is 6.98. The van der Waals surface area contributed by atoms with E-state index in [-0.39, 0.29) is 11.6 Å². The molecule has 0 unspecified atom stereocenters. The van der Waals surface area contributed by atoms with Gasteiger partial charge < -0.3 is 14.7 Å². The van der Waals surface area contributed by atoms with Crippen LogP contribution >= 0.6 is 0 Å². The fourth-order valence-electron chi connectivity index (χ4n) is 2.04. The number of carbonyl (C=O) groups is 3. The molecule has 1 N–H and O–H groups in total. The van der Waals surface area contributed by atoms with Gasteiger partial charge in [0.2, 0.25) is 5.91 Å². The number of allylic oxidation sites excluding steroid dienone is 1. The quantitative estimate of drug-likeness (QED) is 0.432. The molecule has 1 aromatic rings. The van der Waals surface area contributed by atoms with E-state index in [2.05, 4.69) is 9.73 Å². The maximum atomic E-state index is 12.1. The third-order valence-corrected chi connectivity index (χ3v) is 3.51. The van der Waals surface area contributed by atoms with Crippen molar-refractivity contribution < 1.29 is 24.2 Å². The van der Waals surface area contributed by atoms with E-state index in [4.69, 9.17) is 5.11 Å². The molecule has 0 aliphatic rings. The number of aliphatic hydroxyl groups is 1. The average Bonchev–Trinajstić information content (AvgIpc) is 2.64. The largest absolute Gasteiger partial charge is 0.464 e. The topological polar surface area (TPSA) is 96.3 Å².